The van der Waals surface area contributed by atoms with Crippen molar-refractivity contribution in [3.05, 3.63) is 47.0 Å². The molecule has 132 valence electrons. The fourth-order valence-electron chi connectivity index (χ4n) is 2.33. The number of carbonyl (C=O) groups excluding carboxylic acids is 1. The van der Waals surface area contributed by atoms with Gasteiger partial charge in [0.1, 0.15) is 5.75 Å². The molecule has 1 aliphatic heterocycles. The van der Waals surface area contributed by atoms with Crippen molar-refractivity contribution in [2.45, 2.75) is 13.0 Å². The quantitative estimate of drug-likeness (QED) is 0.870. The predicted molar refractivity (Wildman–Crippen MR) is 88.1 cm³/mol. The average Bonchev–Trinajstić information content (AvgIpc) is 2.82. The Balaban J connectivity index is 1.85. The van der Waals surface area contributed by atoms with E-state index >= 15 is 0 Å². The molecule has 1 aliphatic rings. The molecule has 0 saturated heterocycles. The Kier molecular flexibility index (Phi) is 5.23. The summed E-state index contributed by atoms with van der Waals surface area (Å²) in [6, 6.07) is 8.84. The number of amides is 1. The fraction of sp³-hybridized carbons (Fsp3) is 0.235. The molecule has 0 bridgehead atoms. The number of benzene rings is 2. The Morgan fingerprint density at radius 2 is 1.96 bits per heavy atom. The third-order valence-corrected chi connectivity index (χ3v) is 3.70. The van der Waals surface area contributed by atoms with Gasteiger partial charge in [-0.2, -0.15) is 8.78 Å². The zero-order valence-electron chi connectivity index (χ0n) is 12.9. The van der Waals surface area contributed by atoms with Gasteiger partial charge in [0.2, 0.25) is 0 Å². The van der Waals surface area contributed by atoms with Gasteiger partial charge in [0.05, 0.1) is 23.9 Å². The van der Waals surface area contributed by atoms with Gasteiger partial charge in [-0.15, -0.1) is 0 Å². The summed E-state index contributed by atoms with van der Waals surface area (Å²) in [5, 5.41) is 2.77. The van der Waals surface area contributed by atoms with Gasteiger partial charge in [0.15, 0.2) is 11.5 Å². The summed E-state index contributed by atoms with van der Waals surface area (Å²) in [5.41, 5.74) is 0.331. The van der Waals surface area contributed by atoms with E-state index in [0.717, 1.165) is 0 Å². The number of halogens is 3. The molecular formula is C17H14ClF2NO4. The molecule has 1 amide bonds. The molecule has 0 atom stereocenters. The Hall–Kier alpha value is -2.54. The summed E-state index contributed by atoms with van der Waals surface area (Å²) in [6.45, 7) is -2.08. The highest BCUT2D eigenvalue weighted by Gasteiger charge is 2.19. The fourth-order valence-corrected chi connectivity index (χ4v) is 2.59. The number of hydrogen-bond donors (Lipinski definition) is 1. The minimum absolute atomic E-state index is 0.121. The van der Waals surface area contributed by atoms with Crippen LogP contribution in [0.15, 0.2) is 36.4 Å². The van der Waals surface area contributed by atoms with Crippen molar-refractivity contribution >= 4 is 23.2 Å². The second-order valence-corrected chi connectivity index (χ2v) is 5.57. The second kappa shape index (κ2) is 7.57. The highest BCUT2D eigenvalue weighted by molar-refractivity contribution is 6.32. The second-order valence-electron chi connectivity index (χ2n) is 5.16. The number of alkyl halides is 2. The molecule has 0 unspecified atom stereocenters. The van der Waals surface area contributed by atoms with E-state index in [4.69, 9.17) is 21.1 Å². The molecule has 25 heavy (non-hydrogen) atoms. The van der Waals surface area contributed by atoms with Crippen molar-refractivity contribution < 1.29 is 27.8 Å². The first kappa shape index (κ1) is 17.3. The van der Waals surface area contributed by atoms with Gasteiger partial charge >= 0.3 is 6.61 Å². The highest BCUT2D eigenvalue weighted by Crippen LogP contribution is 2.38. The zero-order valence-corrected chi connectivity index (χ0v) is 13.7. The van der Waals surface area contributed by atoms with Crippen LogP contribution in [-0.2, 0) is 0 Å². The Bertz CT molecular complexity index is 785. The number of fused-ring (bicyclic) bond motifs is 1. The first-order valence-electron chi connectivity index (χ1n) is 7.49. The lowest BCUT2D eigenvalue weighted by Crippen LogP contribution is -2.14. The smallest absolute Gasteiger partial charge is 0.387 e. The molecule has 0 spiro atoms. The van der Waals surface area contributed by atoms with Crippen LogP contribution in [0.1, 0.15) is 16.8 Å². The predicted octanol–water partition coefficient (Wildman–Crippen LogP) is 4.36. The molecule has 1 N–H and O–H groups in total. The van der Waals surface area contributed by atoms with E-state index in [9.17, 15) is 13.6 Å². The van der Waals surface area contributed by atoms with E-state index in [1.165, 1.54) is 30.3 Å². The SMILES string of the molecule is O=C(Nc1ccccc1OC(F)F)c1cc(Cl)c2c(c1)OCCCO2. The molecule has 0 saturated carbocycles. The van der Waals surface area contributed by atoms with Gasteiger partial charge in [-0.05, 0) is 24.3 Å². The Morgan fingerprint density at radius 3 is 2.76 bits per heavy atom. The molecule has 2 aromatic rings. The van der Waals surface area contributed by atoms with Gasteiger partial charge in [0.25, 0.3) is 5.91 Å². The lowest BCUT2D eigenvalue weighted by molar-refractivity contribution is -0.0493. The molecule has 5 nitrogen and oxygen atoms in total. The summed E-state index contributed by atoms with van der Waals surface area (Å²) < 4.78 is 40.3. The minimum atomic E-state index is -2.99. The zero-order chi connectivity index (χ0) is 17.8. The van der Waals surface area contributed by atoms with Crippen LogP contribution >= 0.6 is 11.6 Å². The summed E-state index contributed by atoms with van der Waals surface area (Å²) in [6.07, 6.45) is 0.699. The van der Waals surface area contributed by atoms with Crippen molar-refractivity contribution in [2.24, 2.45) is 0 Å². The molecule has 8 heteroatoms. The first-order chi connectivity index (χ1) is 12.0. The minimum Gasteiger partial charge on any atom is -0.489 e. The van der Waals surface area contributed by atoms with Gasteiger partial charge < -0.3 is 19.5 Å². The van der Waals surface area contributed by atoms with Crippen LogP contribution < -0.4 is 19.5 Å². The molecule has 0 aromatic heterocycles. The first-order valence-corrected chi connectivity index (χ1v) is 7.86. The number of carbonyl (C=O) groups is 1. The molecule has 2 aromatic carbocycles. The van der Waals surface area contributed by atoms with Crippen LogP contribution in [0.3, 0.4) is 0 Å². The van der Waals surface area contributed by atoms with E-state index in [2.05, 4.69) is 10.1 Å². The number of para-hydroxylation sites is 2. The summed E-state index contributed by atoms with van der Waals surface area (Å²) >= 11 is 6.16. The van der Waals surface area contributed by atoms with E-state index in [1.807, 2.05) is 0 Å². The van der Waals surface area contributed by atoms with E-state index in [-0.39, 0.29) is 22.0 Å². The highest BCUT2D eigenvalue weighted by atomic mass is 35.5. The molecule has 0 aliphatic carbocycles. The van der Waals surface area contributed by atoms with Crippen molar-refractivity contribution in [1.82, 2.24) is 0 Å². The standard InChI is InChI=1S/C17H14ClF2NO4/c18-11-8-10(9-14-15(11)24-7-3-6-23-14)16(22)21-12-4-1-2-5-13(12)25-17(19)20/h1-2,4-5,8-9,17H,3,6-7H2,(H,21,22). The normalized spacial score (nSPS) is 13.3. The molecule has 0 radical (unpaired) electrons. The summed E-state index contributed by atoms with van der Waals surface area (Å²) in [4.78, 5) is 12.5. The van der Waals surface area contributed by atoms with Gasteiger partial charge in [-0.3, -0.25) is 4.79 Å². The number of hydrogen-bond acceptors (Lipinski definition) is 4. The van der Waals surface area contributed by atoms with Crippen LogP contribution in [0, 0.1) is 0 Å². The maximum Gasteiger partial charge on any atom is 0.387 e. The number of ether oxygens (including phenoxy) is 3. The Morgan fingerprint density at radius 1 is 1.20 bits per heavy atom. The van der Waals surface area contributed by atoms with E-state index in [1.54, 1.807) is 6.07 Å². The van der Waals surface area contributed by atoms with E-state index < -0.39 is 12.5 Å². The van der Waals surface area contributed by atoms with Crippen LogP contribution in [0.4, 0.5) is 14.5 Å². The average molecular weight is 370 g/mol. The van der Waals surface area contributed by atoms with Crippen LogP contribution in [0.2, 0.25) is 5.02 Å². The van der Waals surface area contributed by atoms with Gasteiger partial charge in [0, 0.05) is 12.0 Å². The lowest BCUT2D eigenvalue weighted by atomic mass is 10.1. The lowest BCUT2D eigenvalue weighted by Gasteiger charge is -2.13. The maximum atomic E-state index is 12.5. The van der Waals surface area contributed by atoms with Crippen molar-refractivity contribution in [3.8, 4) is 17.2 Å². The van der Waals surface area contributed by atoms with E-state index in [0.29, 0.717) is 31.1 Å². The molecular weight excluding hydrogens is 356 g/mol. The topological polar surface area (TPSA) is 56.8 Å². The van der Waals surface area contributed by atoms with Crippen LogP contribution in [0.25, 0.3) is 0 Å². The van der Waals surface area contributed by atoms with Crippen LogP contribution in [0.5, 0.6) is 17.2 Å². The Labute approximate surface area is 147 Å². The third-order valence-electron chi connectivity index (χ3n) is 3.42. The van der Waals surface area contributed by atoms with Crippen LogP contribution in [-0.4, -0.2) is 25.7 Å². The van der Waals surface area contributed by atoms with Crippen molar-refractivity contribution in [2.75, 3.05) is 18.5 Å². The number of nitrogens with one attached hydrogen (secondary N) is 1. The number of rotatable bonds is 4. The van der Waals surface area contributed by atoms with Gasteiger partial charge in [-0.1, -0.05) is 23.7 Å². The van der Waals surface area contributed by atoms with Crippen molar-refractivity contribution in [1.29, 1.82) is 0 Å². The number of anilines is 1. The third kappa shape index (κ3) is 4.11. The van der Waals surface area contributed by atoms with Gasteiger partial charge in [-0.25, -0.2) is 0 Å². The molecule has 0 fully saturated rings. The largest absolute Gasteiger partial charge is 0.489 e. The maximum absolute atomic E-state index is 12.5. The molecule has 3 rings (SSSR count). The summed E-state index contributed by atoms with van der Waals surface area (Å²) in [7, 11) is 0. The molecule has 1 heterocycles. The monoisotopic (exact) mass is 369 g/mol. The van der Waals surface area contributed by atoms with Crippen molar-refractivity contribution in [3.63, 3.8) is 0 Å². The summed E-state index contributed by atoms with van der Waals surface area (Å²) in [5.74, 6) is 0.0820.